The summed E-state index contributed by atoms with van der Waals surface area (Å²) in [4.78, 5) is 39.8. The number of likely N-dealkylation sites (tertiary alicyclic amines) is 2. The van der Waals surface area contributed by atoms with Gasteiger partial charge >= 0.3 is 11.8 Å². The Morgan fingerprint density at radius 3 is 2.35 bits per heavy atom. The maximum Gasteiger partial charge on any atom is 0.313 e. The van der Waals surface area contributed by atoms with E-state index in [9.17, 15) is 14.4 Å². The zero-order valence-corrected chi connectivity index (χ0v) is 17.4. The topological polar surface area (TPSA) is 95.7 Å². The van der Waals surface area contributed by atoms with E-state index >= 15 is 0 Å². The van der Waals surface area contributed by atoms with Crippen LogP contribution >= 0.6 is 0 Å². The third-order valence-electron chi connectivity index (χ3n) is 6.07. The number of anilines is 1. The molecule has 2 atom stereocenters. The highest BCUT2D eigenvalue weighted by Gasteiger charge is 2.41. The number of primary amides is 1. The Bertz CT molecular complexity index is 948. The quantitative estimate of drug-likeness (QED) is 0.698. The van der Waals surface area contributed by atoms with Gasteiger partial charge in [-0.25, -0.2) is 0 Å². The first-order valence-electron chi connectivity index (χ1n) is 10.6. The standard InChI is InChI=1S/C24H27N4O3/c25-22(29)23(30)26-21-10-4-9-18(12-21)24(31)28-15-19-13-27(14-20(19)16-28)11-5-8-17-6-2-1-3-7-17/h1-4,6-10,12,19-20H,5,11,13-16H2,(H2,25,29)(H,26,30)/t19-,20?/m0/s1. The van der Waals surface area contributed by atoms with Crippen molar-refractivity contribution in [3.8, 4) is 0 Å². The number of rotatable bonds is 6. The second-order valence-corrected chi connectivity index (χ2v) is 8.29. The van der Waals surface area contributed by atoms with Gasteiger partial charge in [0, 0.05) is 37.4 Å². The maximum absolute atomic E-state index is 13.0. The number of nitrogens with two attached hydrogens (primary N) is 1. The van der Waals surface area contributed by atoms with Crippen molar-refractivity contribution in [2.75, 3.05) is 38.0 Å². The molecule has 161 valence electrons. The molecule has 2 saturated heterocycles. The van der Waals surface area contributed by atoms with Crippen molar-refractivity contribution < 1.29 is 14.4 Å². The lowest BCUT2D eigenvalue weighted by atomic mass is 10.0. The van der Waals surface area contributed by atoms with E-state index in [1.54, 1.807) is 24.3 Å². The minimum atomic E-state index is -1.06. The second kappa shape index (κ2) is 9.31. The lowest BCUT2D eigenvalue weighted by molar-refractivity contribution is -0.134. The summed E-state index contributed by atoms with van der Waals surface area (Å²) in [5.41, 5.74) is 7.11. The molecule has 0 spiro atoms. The average molecular weight is 420 g/mol. The predicted octanol–water partition coefficient (Wildman–Crippen LogP) is 1.76. The molecule has 0 saturated carbocycles. The number of carbonyl (C=O) groups excluding carboxylic acids is 3. The first kappa shape index (κ1) is 21.1. The monoisotopic (exact) mass is 419 g/mol. The Morgan fingerprint density at radius 2 is 1.68 bits per heavy atom. The summed E-state index contributed by atoms with van der Waals surface area (Å²) >= 11 is 0. The fourth-order valence-corrected chi connectivity index (χ4v) is 4.55. The van der Waals surface area contributed by atoms with Gasteiger partial charge < -0.3 is 20.9 Å². The van der Waals surface area contributed by atoms with E-state index in [4.69, 9.17) is 5.73 Å². The van der Waals surface area contributed by atoms with Crippen LogP contribution in [0.4, 0.5) is 5.69 Å². The number of benzene rings is 2. The lowest BCUT2D eigenvalue weighted by Crippen LogP contribution is -2.33. The van der Waals surface area contributed by atoms with Gasteiger partial charge in [-0.2, -0.15) is 0 Å². The Labute approximate surface area is 182 Å². The molecular weight excluding hydrogens is 392 g/mol. The van der Waals surface area contributed by atoms with Crippen LogP contribution in [0.25, 0.3) is 0 Å². The van der Waals surface area contributed by atoms with E-state index in [1.165, 1.54) is 5.56 Å². The molecule has 2 heterocycles. The van der Waals surface area contributed by atoms with Crippen molar-refractivity contribution in [3.05, 3.63) is 72.1 Å². The summed E-state index contributed by atoms with van der Waals surface area (Å²) in [7, 11) is 0. The summed E-state index contributed by atoms with van der Waals surface area (Å²) in [6.45, 7) is 4.58. The number of carbonyl (C=O) groups is 3. The molecular formula is C24H27N4O3. The first-order valence-corrected chi connectivity index (χ1v) is 10.6. The molecule has 3 amide bonds. The number of nitrogens with zero attached hydrogens (tertiary/aromatic N) is 2. The van der Waals surface area contributed by atoms with Gasteiger partial charge in [-0.3, -0.25) is 14.4 Å². The summed E-state index contributed by atoms with van der Waals surface area (Å²) < 4.78 is 0. The van der Waals surface area contributed by atoms with E-state index in [0.29, 0.717) is 23.1 Å². The number of fused-ring (bicyclic) bond motifs is 1. The number of nitrogens with one attached hydrogen (secondary N) is 1. The summed E-state index contributed by atoms with van der Waals surface area (Å²) in [5.74, 6) is -1.01. The first-order chi connectivity index (χ1) is 15.0. The van der Waals surface area contributed by atoms with Crippen molar-refractivity contribution in [3.63, 3.8) is 0 Å². The van der Waals surface area contributed by atoms with Crippen molar-refractivity contribution in [2.24, 2.45) is 17.6 Å². The molecule has 2 fully saturated rings. The van der Waals surface area contributed by atoms with Crippen LogP contribution in [0.1, 0.15) is 22.3 Å². The highest BCUT2D eigenvalue weighted by atomic mass is 16.2. The zero-order valence-electron chi connectivity index (χ0n) is 17.4. The van der Waals surface area contributed by atoms with Crippen LogP contribution in [0.3, 0.4) is 0 Å². The van der Waals surface area contributed by atoms with Crippen LogP contribution < -0.4 is 11.1 Å². The molecule has 0 aromatic heterocycles. The van der Waals surface area contributed by atoms with Gasteiger partial charge in [0.25, 0.3) is 5.91 Å². The molecule has 31 heavy (non-hydrogen) atoms. The van der Waals surface area contributed by atoms with Gasteiger partial charge in [-0.05, 0) is 55.0 Å². The molecule has 2 aromatic rings. The zero-order chi connectivity index (χ0) is 21.8. The van der Waals surface area contributed by atoms with Crippen LogP contribution in [0.5, 0.6) is 0 Å². The van der Waals surface area contributed by atoms with E-state index in [-0.39, 0.29) is 5.91 Å². The Hall–Kier alpha value is -3.19. The predicted molar refractivity (Wildman–Crippen MR) is 118 cm³/mol. The molecule has 7 nitrogen and oxygen atoms in total. The summed E-state index contributed by atoms with van der Waals surface area (Å²) in [5, 5.41) is 2.41. The van der Waals surface area contributed by atoms with Gasteiger partial charge in [0.2, 0.25) is 0 Å². The Kier molecular flexibility index (Phi) is 6.32. The van der Waals surface area contributed by atoms with Crippen LogP contribution in [0.2, 0.25) is 0 Å². The minimum absolute atomic E-state index is 0.0477. The molecule has 4 rings (SSSR count). The molecule has 1 radical (unpaired) electrons. The molecule has 7 heteroatoms. The molecule has 2 aliphatic heterocycles. The van der Waals surface area contributed by atoms with Crippen molar-refractivity contribution in [1.29, 1.82) is 0 Å². The third kappa shape index (κ3) is 5.11. The normalized spacial score (nSPS) is 20.5. The summed E-state index contributed by atoms with van der Waals surface area (Å²) in [6.07, 6.45) is 3.30. The number of hydrogen-bond acceptors (Lipinski definition) is 4. The Balaban J connectivity index is 1.27. The SMILES string of the molecule is NC(=O)C(=O)Nc1cccc(C(=O)N2CC3CN(CC[CH]c4ccccc4)C[C@H]3C2)c1. The van der Waals surface area contributed by atoms with Crippen LogP contribution in [-0.4, -0.2) is 60.2 Å². The fraction of sp³-hybridized carbons (Fsp3) is 0.333. The van der Waals surface area contributed by atoms with E-state index in [2.05, 4.69) is 40.9 Å². The molecule has 0 aliphatic carbocycles. The van der Waals surface area contributed by atoms with Gasteiger partial charge in [0.15, 0.2) is 0 Å². The van der Waals surface area contributed by atoms with Crippen LogP contribution in [0, 0.1) is 18.3 Å². The van der Waals surface area contributed by atoms with E-state index in [1.807, 2.05) is 11.0 Å². The molecule has 2 aliphatic rings. The van der Waals surface area contributed by atoms with Crippen molar-refractivity contribution in [1.82, 2.24) is 9.80 Å². The summed E-state index contributed by atoms with van der Waals surface area (Å²) in [6, 6.07) is 17.0. The number of amides is 3. The minimum Gasteiger partial charge on any atom is -0.361 e. The van der Waals surface area contributed by atoms with Gasteiger partial charge in [0.1, 0.15) is 0 Å². The van der Waals surface area contributed by atoms with Crippen molar-refractivity contribution in [2.45, 2.75) is 6.42 Å². The maximum atomic E-state index is 13.0. The van der Waals surface area contributed by atoms with Gasteiger partial charge in [0.05, 0.1) is 0 Å². The average Bonchev–Trinajstić information content (AvgIpc) is 3.33. The number of hydrogen-bond donors (Lipinski definition) is 2. The molecule has 2 aromatic carbocycles. The smallest absolute Gasteiger partial charge is 0.313 e. The molecule has 3 N–H and O–H groups in total. The fourth-order valence-electron chi connectivity index (χ4n) is 4.55. The van der Waals surface area contributed by atoms with E-state index < -0.39 is 11.8 Å². The largest absolute Gasteiger partial charge is 0.361 e. The Morgan fingerprint density at radius 1 is 0.968 bits per heavy atom. The highest BCUT2D eigenvalue weighted by molar-refractivity contribution is 6.39. The van der Waals surface area contributed by atoms with Gasteiger partial charge in [-0.1, -0.05) is 36.4 Å². The molecule has 0 bridgehead atoms. The molecule has 1 unspecified atom stereocenters. The van der Waals surface area contributed by atoms with Crippen LogP contribution in [-0.2, 0) is 9.59 Å². The van der Waals surface area contributed by atoms with Gasteiger partial charge in [-0.15, -0.1) is 0 Å². The van der Waals surface area contributed by atoms with Crippen molar-refractivity contribution >= 4 is 23.4 Å². The second-order valence-electron chi connectivity index (χ2n) is 8.29. The van der Waals surface area contributed by atoms with Crippen LogP contribution in [0.15, 0.2) is 54.6 Å². The lowest BCUT2D eigenvalue weighted by Gasteiger charge is -2.22. The van der Waals surface area contributed by atoms with E-state index in [0.717, 1.165) is 39.1 Å². The highest BCUT2D eigenvalue weighted by Crippen LogP contribution is 2.32. The third-order valence-corrected chi connectivity index (χ3v) is 6.07.